The first-order valence-electron chi connectivity index (χ1n) is 14.2. The summed E-state index contributed by atoms with van der Waals surface area (Å²) in [5.41, 5.74) is 5.00. The Morgan fingerprint density at radius 2 is 1.44 bits per heavy atom. The molecule has 7 nitrogen and oxygen atoms in total. The predicted octanol–water partition coefficient (Wildman–Crippen LogP) is 5.84. The molecule has 0 radical (unpaired) electrons. The molecule has 2 atom stereocenters. The van der Waals surface area contributed by atoms with Gasteiger partial charge in [-0.15, -0.1) is 0 Å². The van der Waals surface area contributed by atoms with Crippen LogP contribution in [0.15, 0.2) is 71.6 Å². The van der Waals surface area contributed by atoms with Crippen molar-refractivity contribution in [2.75, 3.05) is 10.8 Å². The van der Waals surface area contributed by atoms with Crippen molar-refractivity contribution in [2.45, 2.75) is 84.8 Å². The number of carbonyl (C=O) groups is 2. The van der Waals surface area contributed by atoms with Crippen LogP contribution in [0.3, 0.4) is 0 Å². The van der Waals surface area contributed by atoms with E-state index in [2.05, 4.69) is 5.32 Å². The summed E-state index contributed by atoms with van der Waals surface area (Å²) in [7, 11) is -4.10. The van der Waals surface area contributed by atoms with Gasteiger partial charge in [-0.2, -0.15) is 0 Å². The minimum Gasteiger partial charge on any atom is -0.352 e. The molecule has 8 heteroatoms. The number of nitrogens with one attached hydrogen (secondary N) is 1. The zero-order chi connectivity index (χ0) is 30.3. The molecule has 0 aliphatic rings. The largest absolute Gasteiger partial charge is 0.352 e. The van der Waals surface area contributed by atoms with Crippen LogP contribution in [-0.4, -0.2) is 43.8 Å². The number of hydrogen-bond acceptors (Lipinski definition) is 4. The van der Waals surface area contributed by atoms with Gasteiger partial charge in [0.1, 0.15) is 12.6 Å². The Bertz CT molecular complexity index is 1450. The molecule has 0 unspecified atom stereocenters. The van der Waals surface area contributed by atoms with Gasteiger partial charge in [0.25, 0.3) is 10.0 Å². The standard InChI is InChI=1S/C33H43N3O4S/c1-8-27(7)34-33(38)31(9-2)35(21-28-12-10-11-24(4)18-28)32(37)22-36(29-19-25(5)17-26(6)20-29)41(39,40)30-15-13-23(3)14-16-30/h10-20,27,31H,8-9,21-22H2,1-7H3,(H,34,38)/t27-,31-/m0/s1. The molecule has 3 rings (SSSR count). The molecule has 0 aromatic heterocycles. The number of aryl methyl sites for hydroxylation is 4. The molecule has 1 N–H and O–H groups in total. The summed E-state index contributed by atoms with van der Waals surface area (Å²) in [6.07, 6.45) is 1.14. The third-order valence-electron chi connectivity index (χ3n) is 7.20. The molecule has 0 fully saturated rings. The highest BCUT2D eigenvalue weighted by Crippen LogP contribution is 2.27. The van der Waals surface area contributed by atoms with E-state index in [4.69, 9.17) is 0 Å². The van der Waals surface area contributed by atoms with Crippen LogP contribution < -0.4 is 9.62 Å². The van der Waals surface area contributed by atoms with E-state index in [1.165, 1.54) is 9.21 Å². The van der Waals surface area contributed by atoms with Crippen molar-refractivity contribution in [1.29, 1.82) is 0 Å². The van der Waals surface area contributed by atoms with Gasteiger partial charge >= 0.3 is 0 Å². The minimum atomic E-state index is -4.10. The number of rotatable bonds is 12. The summed E-state index contributed by atoms with van der Waals surface area (Å²) in [5.74, 6) is -0.699. The summed E-state index contributed by atoms with van der Waals surface area (Å²) >= 11 is 0. The van der Waals surface area contributed by atoms with Crippen molar-refractivity contribution in [3.8, 4) is 0 Å². The Morgan fingerprint density at radius 1 is 0.805 bits per heavy atom. The van der Waals surface area contributed by atoms with E-state index < -0.39 is 28.5 Å². The second-order valence-corrected chi connectivity index (χ2v) is 12.8. The molecule has 0 saturated carbocycles. The highest BCUT2D eigenvalue weighted by Gasteiger charge is 2.34. The Hall–Kier alpha value is -3.65. The van der Waals surface area contributed by atoms with E-state index in [0.29, 0.717) is 12.1 Å². The van der Waals surface area contributed by atoms with Crippen molar-refractivity contribution in [1.82, 2.24) is 10.2 Å². The Balaban J connectivity index is 2.09. The molecule has 41 heavy (non-hydrogen) atoms. The van der Waals surface area contributed by atoms with Crippen molar-refractivity contribution < 1.29 is 18.0 Å². The molecular formula is C33H43N3O4S. The van der Waals surface area contributed by atoms with E-state index in [9.17, 15) is 18.0 Å². The number of sulfonamides is 1. The second kappa shape index (κ2) is 13.8. The number of anilines is 1. The van der Waals surface area contributed by atoms with Gasteiger partial charge in [-0.05, 0) is 88.4 Å². The molecule has 2 amide bonds. The maximum Gasteiger partial charge on any atom is 0.264 e. The fraction of sp³-hybridized carbons (Fsp3) is 0.394. The van der Waals surface area contributed by atoms with Crippen LogP contribution in [0.4, 0.5) is 5.69 Å². The smallest absolute Gasteiger partial charge is 0.264 e. The Labute approximate surface area is 245 Å². The highest BCUT2D eigenvalue weighted by molar-refractivity contribution is 7.92. The third kappa shape index (κ3) is 8.19. The average molecular weight is 578 g/mol. The second-order valence-electron chi connectivity index (χ2n) is 10.9. The van der Waals surface area contributed by atoms with Gasteiger partial charge in [-0.1, -0.05) is 67.4 Å². The van der Waals surface area contributed by atoms with Gasteiger partial charge in [0.05, 0.1) is 10.6 Å². The molecule has 0 saturated heterocycles. The van der Waals surface area contributed by atoms with Crippen molar-refractivity contribution in [3.63, 3.8) is 0 Å². The van der Waals surface area contributed by atoms with Crippen LogP contribution in [0.2, 0.25) is 0 Å². The van der Waals surface area contributed by atoms with Gasteiger partial charge in [0.15, 0.2) is 0 Å². The fourth-order valence-electron chi connectivity index (χ4n) is 4.83. The van der Waals surface area contributed by atoms with Crippen molar-refractivity contribution in [3.05, 3.63) is 94.5 Å². The maximum atomic E-state index is 14.2. The lowest BCUT2D eigenvalue weighted by Gasteiger charge is -2.34. The van der Waals surface area contributed by atoms with E-state index in [0.717, 1.165) is 34.2 Å². The molecule has 3 aromatic rings. The van der Waals surface area contributed by atoms with Crippen molar-refractivity contribution >= 4 is 27.5 Å². The number of carbonyl (C=O) groups excluding carboxylic acids is 2. The summed E-state index contributed by atoms with van der Waals surface area (Å²) in [6, 6.07) is 19.0. The predicted molar refractivity (Wildman–Crippen MR) is 165 cm³/mol. The summed E-state index contributed by atoms with van der Waals surface area (Å²) < 4.78 is 29.3. The molecule has 0 spiro atoms. The highest BCUT2D eigenvalue weighted by atomic mass is 32.2. The SMILES string of the molecule is CC[C@H](C)NC(=O)[C@H](CC)N(Cc1cccc(C)c1)C(=O)CN(c1cc(C)cc(C)c1)S(=O)(=O)c1ccc(C)cc1. The first kappa shape index (κ1) is 31.9. The van der Waals surface area contributed by atoms with Crippen LogP contribution in [0.1, 0.15) is 61.4 Å². The quantitative estimate of drug-likeness (QED) is 0.293. The third-order valence-corrected chi connectivity index (χ3v) is 8.99. The molecule has 0 aliphatic carbocycles. The van der Waals surface area contributed by atoms with Gasteiger partial charge in [0, 0.05) is 12.6 Å². The van der Waals surface area contributed by atoms with Gasteiger partial charge < -0.3 is 10.2 Å². The normalized spacial score (nSPS) is 12.9. The number of benzene rings is 3. The maximum absolute atomic E-state index is 14.2. The Kier molecular flexibility index (Phi) is 10.7. The molecule has 0 bridgehead atoms. The monoisotopic (exact) mass is 577 g/mol. The molecule has 0 aliphatic heterocycles. The fourth-order valence-corrected chi connectivity index (χ4v) is 6.23. The Morgan fingerprint density at radius 3 is 2.00 bits per heavy atom. The summed E-state index contributed by atoms with van der Waals surface area (Å²) in [5, 5.41) is 3.01. The van der Waals surface area contributed by atoms with Gasteiger partial charge in [-0.3, -0.25) is 13.9 Å². The molecular weight excluding hydrogens is 534 g/mol. The topological polar surface area (TPSA) is 86.8 Å². The van der Waals surface area contributed by atoms with Crippen LogP contribution in [0.25, 0.3) is 0 Å². The minimum absolute atomic E-state index is 0.0545. The van der Waals surface area contributed by atoms with Crippen molar-refractivity contribution in [2.24, 2.45) is 0 Å². The zero-order valence-corrected chi connectivity index (χ0v) is 26.1. The number of amides is 2. The van der Waals surface area contributed by atoms with E-state index >= 15 is 0 Å². The van der Waals surface area contributed by atoms with Gasteiger partial charge in [0.2, 0.25) is 11.8 Å². The van der Waals surface area contributed by atoms with Gasteiger partial charge in [-0.25, -0.2) is 8.42 Å². The van der Waals surface area contributed by atoms with E-state index in [1.807, 2.05) is 78.8 Å². The lowest BCUT2D eigenvalue weighted by atomic mass is 10.1. The van der Waals surface area contributed by atoms with E-state index in [-0.39, 0.29) is 23.4 Å². The van der Waals surface area contributed by atoms with E-state index in [1.54, 1.807) is 36.4 Å². The average Bonchev–Trinajstić information content (AvgIpc) is 2.91. The lowest BCUT2D eigenvalue weighted by Crippen LogP contribution is -2.53. The first-order chi connectivity index (χ1) is 19.3. The van der Waals surface area contributed by atoms with Crippen LogP contribution >= 0.6 is 0 Å². The lowest BCUT2D eigenvalue weighted by molar-refractivity contribution is -0.140. The number of hydrogen-bond donors (Lipinski definition) is 1. The van der Waals surface area contributed by atoms with Crippen LogP contribution in [0, 0.1) is 27.7 Å². The summed E-state index contributed by atoms with van der Waals surface area (Å²) in [6.45, 7) is 13.2. The molecule has 220 valence electrons. The van der Waals surface area contributed by atoms with Crippen LogP contribution in [-0.2, 0) is 26.2 Å². The number of nitrogens with zero attached hydrogens (tertiary/aromatic N) is 2. The first-order valence-corrected chi connectivity index (χ1v) is 15.6. The molecule has 3 aromatic carbocycles. The summed E-state index contributed by atoms with van der Waals surface area (Å²) in [4.78, 5) is 29.2. The zero-order valence-electron chi connectivity index (χ0n) is 25.3. The van der Waals surface area contributed by atoms with Crippen LogP contribution in [0.5, 0.6) is 0 Å². The molecule has 0 heterocycles.